The van der Waals surface area contributed by atoms with Crippen molar-refractivity contribution in [1.29, 1.82) is 0 Å². The summed E-state index contributed by atoms with van der Waals surface area (Å²) in [6, 6.07) is 5.45. The van der Waals surface area contributed by atoms with Gasteiger partial charge in [0.2, 0.25) is 5.91 Å². The molecule has 0 bridgehead atoms. The van der Waals surface area contributed by atoms with Crippen LogP contribution in [-0.2, 0) is 11.3 Å². The van der Waals surface area contributed by atoms with E-state index >= 15 is 0 Å². The maximum Gasteiger partial charge on any atom is 0.237 e. The molecule has 0 saturated heterocycles. The SMILES string of the molecule is C#CCn1cccc/c1=N\NC(C)=O. The van der Waals surface area contributed by atoms with Gasteiger partial charge in [-0.1, -0.05) is 12.0 Å². The first kappa shape index (κ1) is 10.1. The first-order valence-electron chi connectivity index (χ1n) is 4.13. The van der Waals surface area contributed by atoms with Gasteiger partial charge in [0.05, 0.1) is 6.54 Å². The molecule has 0 aromatic carbocycles. The van der Waals surface area contributed by atoms with Crippen LogP contribution in [-0.4, -0.2) is 10.5 Å². The van der Waals surface area contributed by atoms with Gasteiger partial charge in [-0.25, -0.2) is 5.43 Å². The molecule has 14 heavy (non-hydrogen) atoms. The fourth-order valence-corrected chi connectivity index (χ4v) is 0.937. The smallest absolute Gasteiger partial charge is 0.237 e. The van der Waals surface area contributed by atoms with Crippen molar-refractivity contribution in [2.45, 2.75) is 13.5 Å². The summed E-state index contributed by atoms with van der Waals surface area (Å²) in [6.07, 6.45) is 6.99. The molecule has 0 saturated carbocycles. The monoisotopic (exact) mass is 189 g/mol. The molecule has 4 nitrogen and oxygen atoms in total. The van der Waals surface area contributed by atoms with Crippen LogP contribution in [0, 0.1) is 12.3 Å². The summed E-state index contributed by atoms with van der Waals surface area (Å²) in [7, 11) is 0. The maximum absolute atomic E-state index is 10.6. The Balaban J connectivity index is 3.01. The number of nitrogens with zero attached hydrogens (tertiary/aromatic N) is 2. The highest BCUT2D eigenvalue weighted by Crippen LogP contribution is 1.80. The van der Waals surface area contributed by atoms with Gasteiger partial charge in [-0.2, -0.15) is 5.10 Å². The van der Waals surface area contributed by atoms with Crippen molar-refractivity contribution >= 4 is 5.91 Å². The Morgan fingerprint density at radius 1 is 1.71 bits per heavy atom. The number of pyridine rings is 1. The molecule has 1 heterocycles. The minimum Gasteiger partial charge on any atom is -0.320 e. The van der Waals surface area contributed by atoms with E-state index in [-0.39, 0.29) is 5.91 Å². The summed E-state index contributed by atoms with van der Waals surface area (Å²) in [5.41, 5.74) is 2.98. The molecular formula is C10H11N3O. The molecule has 1 amide bonds. The molecule has 0 fully saturated rings. The topological polar surface area (TPSA) is 46.4 Å². The Hall–Kier alpha value is -2.02. The zero-order valence-corrected chi connectivity index (χ0v) is 7.90. The van der Waals surface area contributed by atoms with Gasteiger partial charge in [0.25, 0.3) is 0 Å². The molecule has 0 aliphatic heterocycles. The highest BCUT2D eigenvalue weighted by atomic mass is 16.2. The Morgan fingerprint density at radius 3 is 3.14 bits per heavy atom. The fraction of sp³-hybridized carbons (Fsp3) is 0.200. The maximum atomic E-state index is 10.6. The van der Waals surface area contributed by atoms with Crippen LogP contribution in [0.5, 0.6) is 0 Å². The van der Waals surface area contributed by atoms with Crippen molar-refractivity contribution in [3.05, 3.63) is 29.9 Å². The van der Waals surface area contributed by atoms with E-state index in [1.807, 2.05) is 12.1 Å². The molecule has 0 radical (unpaired) electrons. The molecule has 0 unspecified atom stereocenters. The van der Waals surface area contributed by atoms with Crippen molar-refractivity contribution in [3.8, 4) is 12.3 Å². The third-order valence-electron chi connectivity index (χ3n) is 1.51. The van der Waals surface area contributed by atoms with Crippen molar-refractivity contribution in [3.63, 3.8) is 0 Å². The average Bonchev–Trinajstić information content (AvgIpc) is 2.17. The first-order chi connectivity index (χ1) is 6.74. The van der Waals surface area contributed by atoms with Crippen molar-refractivity contribution < 1.29 is 4.79 Å². The summed E-state index contributed by atoms with van der Waals surface area (Å²) in [4.78, 5) is 10.6. The Bertz CT molecular complexity index is 425. The van der Waals surface area contributed by atoms with E-state index in [1.165, 1.54) is 6.92 Å². The van der Waals surface area contributed by atoms with E-state index in [4.69, 9.17) is 6.42 Å². The largest absolute Gasteiger partial charge is 0.320 e. The Morgan fingerprint density at radius 2 is 2.50 bits per heavy atom. The van der Waals surface area contributed by atoms with Crippen molar-refractivity contribution in [2.24, 2.45) is 5.10 Å². The summed E-state index contributed by atoms with van der Waals surface area (Å²) in [5.74, 6) is 2.29. The van der Waals surface area contributed by atoms with Crippen molar-refractivity contribution in [2.75, 3.05) is 0 Å². The first-order valence-corrected chi connectivity index (χ1v) is 4.13. The minimum atomic E-state index is -0.207. The van der Waals surface area contributed by atoms with Crippen molar-refractivity contribution in [1.82, 2.24) is 9.99 Å². The second kappa shape index (κ2) is 4.87. The van der Waals surface area contributed by atoms with Crippen LogP contribution in [0.3, 0.4) is 0 Å². The number of carbonyl (C=O) groups is 1. The summed E-state index contributed by atoms with van der Waals surface area (Å²) in [6.45, 7) is 1.83. The van der Waals surface area contributed by atoms with Gasteiger partial charge < -0.3 is 4.57 Å². The number of aromatic nitrogens is 1. The number of carbonyl (C=O) groups excluding carboxylic acids is 1. The lowest BCUT2D eigenvalue weighted by atomic mass is 10.4. The Kier molecular flexibility index (Phi) is 3.50. The van der Waals surface area contributed by atoms with Crippen LogP contribution in [0.4, 0.5) is 0 Å². The van der Waals surface area contributed by atoms with Gasteiger partial charge in [0.1, 0.15) is 0 Å². The van der Waals surface area contributed by atoms with Gasteiger partial charge in [0.15, 0.2) is 5.49 Å². The van der Waals surface area contributed by atoms with Crippen LogP contribution in [0.2, 0.25) is 0 Å². The zero-order chi connectivity index (χ0) is 10.4. The number of hydrogen-bond acceptors (Lipinski definition) is 2. The van der Waals surface area contributed by atoms with Crippen LogP contribution in [0.15, 0.2) is 29.5 Å². The summed E-state index contributed by atoms with van der Waals surface area (Å²) in [5, 5.41) is 3.89. The van der Waals surface area contributed by atoms with Gasteiger partial charge in [-0.05, 0) is 12.1 Å². The minimum absolute atomic E-state index is 0.207. The molecule has 1 aromatic heterocycles. The normalized spacial score (nSPS) is 10.7. The molecule has 0 aliphatic rings. The Labute approximate surface area is 82.3 Å². The highest BCUT2D eigenvalue weighted by Gasteiger charge is 1.90. The number of rotatable bonds is 2. The molecule has 72 valence electrons. The van der Waals surface area contributed by atoms with Gasteiger partial charge in [-0.3, -0.25) is 4.79 Å². The van der Waals surface area contributed by atoms with E-state index < -0.39 is 0 Å². The average molecular weight is 189 g/mol. The zero-order valence-electron chi connectivity index (χ0n) is 7.90. The molecule has 0 spiro atoms. The number of nitrogens with one attached hydrogen (secondary N) is 1. The molecule has 1 aromatic rings. The van der Waals surface area contributed by atoms with Gasteiger partial charge in [-0.15, -0.1) is 6.42 Å². The molecule has 1 rings (SSSR count). The third-order valence-corrected chi connectivity index (χ3v) is 1.51. The molecule has 0 atom stereocenters. The van der Waals surface area contributed by atoms with Gasteiger partial charge in [0, 0.05) is 13.1 Å². The second-order valence-electron chi connectivity index (χ2n) is 2.67. The lowest BCUT2D eigenvalue weighted by Crippen LogP contribution is -2.25. The van der Waals surface area contributed by atoms with E-state index in [1.54, 1.807) is 16.8 Å². The number of terminal acetylenes is 1. The summed E-state index contributed by atoms with van der Waals surface area (Å²) < 4.78 is 1.76. The van der Waals surface area contributed by atoms with Gasteiger partial charge >= 0.3 is 0 Å². The van der Waals surface area contributed by atoms with E-state index in [9.17, 15) is 4.79 Å². The molecule has 0 aliphatic carbocycles. The van der Waals surface area contributed by atoms with Crippen LogP contribution < -0.4 is 10.9 Å². The van der Waals surface area contributed by atoms with E-state index in [2.05, 4.69) is 16.4 Å². The molecule has 1 N–H and O–H groups in total. The second-order valence-corrected chi connectivity index (χ2v) is 2.67. The predicted octanol–water partition coefficient (Wildman–Crippen LogP) is 0.0731. The van der Waals surface area contributed by atoms with E-state index in [0.29, 0.717) is 12.0 Å². The molecular weight excluding hydrogens is 178 g/mol. The predicted molar refractivity (Wildman–Crippen MR) is 52.6 cm³/mol. The molecule has 4 heteroatoms. The van der Waals surface area contributed by atoms with Crippen LogP contribution in [0.25, 0.3) is 0 Å². The lowest BCUT2D eigenvalue weighted by Gasteiger charge is -2.01. The van der Waals surface area contributed by atoms with Crippen LogP contribution >= 0.6 is 0 Å². The highest BCUT2D eigenvalue weighted by molar-refractivity contribution is 5.72. The third kappa shape index (κ3) is 2.79. The number of amides is 1. The summed E-state index contributed by atoms with van der Waals surface area (Å²) >= 11 is 0. The standard InChI is InChI=1S/C10H11N3O/c1-3-7-13-8-5-4-6-10(13)12-11-9(2)14/h1,4-6,8H,7H2,2H3,(H,11,14)/b12-10+. The fourth-order valence-electron chi connectivity index (χ4n) is 0.937. The van der Waals surface area contributed by atoms with Crippen LogP contribution in [0.1, 0.15) is 6.92 Å². The lowest BCUT2D eigenvalue weighted by molar-refractivity contribution is -0.119. The quantitative estimate of drug-likeness (QED) is 0.519. The number of hydrogen-bond donors (Lipinski definition) is 1. The van der Waals surface area contributed by atoms with E-state index in [0.717, 1.165) is 0 Å².